The Bertz CT molecular complexity index is 650. The van der Waals surface area contributed by atoms with Gasteiger partial charge in [-0.2, -0.15) is 5.26 Å². The molecule has 0 radical (unpaired) electrons. The number of halogens is 1. The standard InChI is InChI=1S/C18H23BrN4O2/c19-14-2-3-16(21-12-14)18(13-20)6-4-15(5-7-18)22-8-1-9-23(11-10-22)17(24)25/h2-3,12,15H,1,4-11H2,(H,24,25). The van der Waals surface area contributed by atoms with E-state index in [0.717, 1.165) is 55.4 Å². The van der Waals surface area contributed by atoms with Crippen LogP contribution in [0.3, 0.4) is 0 Å². The zero-order chi connectivity index (χ0) is 17.9. The fourth-order valence-corrected chi connectivity index (χ4v) is 4.27. The summed E-state index contributed by atoms with van der Waals surface area (Å²) in [4.78, 5) is 19.6. The van der Waals surface area contributed by atoms with E-state index in [9.17, 15) is 10.1 Å². The van der Waals surface area contributed by atoms with Crippen molar-refractivity contribution in [2.24, 2.45) is 0 Å². The highest BCUT2D eigenvalue weighted by Gasteiger charge is 2.40. The molecule has 6 nitrogen and oxygen atoms in total. The number of hydrogen-bond acceptors (Lipinski definition) is 4. The monoisotopic (exact) mass is 406 g/mol. The summed E-state index contributed by atoms with van der Waals surface area (Å²) in [5.74, 6) is 0. The van der Waals surface area contributed by atoms with Crippen LogP contribution in [-0.2, 0) is 5.41 Å². The van der Waals surface area contributed by atoms with Crippen molar-refractivity contribution < 1.29 is 9.90 Å². The summed E-state index contributed by atoms with van der Waals surface area (Å²) in [6, 6.07) is 6.86. The van der Waals surface area contributed by atoms with Gasteiger partial charge in [0.2, 0.25) is 0 Å². The summed E-state index contributed by atoms with van der Waals surface area (Å²) in [7, 11) is 0. The Labute approximate surface area is 156 Å². The minimum Gasteiger partial charge on any atom is -0.465 e. The van der Waals surface area contributed by atoms with E-state index in [4.69, 9.17) is 5.11 Å². The van der Waals surface area contributed by atoms with Crippen molar-refractivity contribution in [3.63, 3.8) is 0 Å². The van der Waals surface area contributed by atoms with Gasteiger partial charge in [0, 0.05) is 42.9 Å². The third kappa shape index (κ3) is 3.96. The van der Waals surface area contributed by atoms with E-state index in [0.29, 0.717) is 19.1 Å². The zero-order valence-electron chi connectivity index (χ0n) is 14.2. The van der Waals surface area contributed by atoms with Crippen molar-refractivity contribution in [3.8, 4) is 6.07 Å². The van der Waals surface area contributed by atoms with E-state index in [1.165, 1.54) is 4.90 Å². The molecule has 134 valence electrons. The Balaban J connectivity index is 1.63. The molecule has 25 heavy (non-hydrogen) atoms. The number of aromatic nitrogens is 1. The average Bonchev–Trinajstić information content (AvgIpc) is 2.89. The molecule has 3 rings (SSSR count). The highest BCUT2D eigenvalue weighted by Crippen LogP contribution is 2.39. The Kier molecular flexibility index (Phi) is 5.60. The third-order valence-electron chi connectivity index (χ3n) is 5.56. The molecule has 0 aromatic carbocycles. The fraction of sp³-hybridized carbons (Fsp3) is 0.611. The van der Waals surface area contributed by atoms with Crippen LogP contribution in [-0.4, -0.2) is 58.2 Å². The third-order valence-corrected chi connectivity index (χ3v) is 6.03. The zero-order valence-corrected chi connectivity index (χ0v) is 15.8. The molecule has 1 aromatic heterocycles. The van der Waals surface area contributed by atoms with E-state index in [1.54, 1.807) is 6.20 Å². The molecule has 2 heterocycles. The molecule has 1 N–H and O–H groups in total. The Morgan fingerprint density at radius 1 is 1.28 bits per heavy atom. The second kappa shape index (κ2) is 7.71. The molecule has 0 spiro atoms. The van der Waals surface area contributed by atoms with Crippen LogP contribution in [0.25, 0.3) is 0 Å². The minimum absolute atomic E-state index is 0.436. The van der Waals surface area contributed by atoms with Crippen molar-refractivity contribution in [2.75, 3.05) is 26.2 Å². The van der Waals surface area contributed by atoms with Crippen molar-refractivity contribution in [1.82, 2.24) is 14.8 Å². The molecule has 2 aliphatic rings. The van der Waals surface area contributed by atoms with Gasteiger partial charge in [0.05, 0.1) is 17.2 Å². The van der Waals surface area contributed by atoms with Crippen LogP contribution in [0.5, 0.6) is 0 Å². The lowest BCUT2D eigenvalue weighted by atomic mass is 9.71. The largest absolute Gasteiger partial charge is 0.465 e. The lowest BCUT2D eigenvalue weighted by molar-refractivity contribution is 0.130. The Morgan fingerprint density at radius 3 is 2.64 bits per heavy atom. The van der Waals surface area contributed by atoms with Gasteiger partial charge in [-0.25, -0.2) is 4.79 Å². The summed E-state index contributed by atoms with van der Waals surface area (Å²) < 4.78 is 0.922. The van der Waals surface area contributed by atoms with Crippen LogP contribution in [0.2, 0.25) is 0 Å². The highest BCUT2D eigenvalue weighted by atomic mass is 79.9. The van der Waals surface area contributed by atoms with E-state index in [-0.39, 0.29) is 0 Å². The van der Waals surface area contributed by atoms with Crippen LogP contribution < -0.4 is 0 Å². The van der Waals surface area contributed by atoms with Gasteiger partial charge in [0.1, 0.15) is 0 Å². The SMILES string of the molecule is N#CC1(c2ccc(Br)cn2)CCC(N2CCCN(C(=O)O)CC2)CC1. The first kappa shape index (κ1) is 18.2. The first-order valence-electron chi connectivity index (χ1n) is 8.79. The number of carboxylic acid groups (broad SMARTS) is 1. The number of amides is 1. The maximum absolute atomic E-state index is 11.2. The smallest absolute Gasteiger partial charge is 0.407 e. The molecular formula is C18H23BrN4O2. The predicted octanol–water partition coefficient (Wildman–Crippen LogP) is 3.23. The van der Waals surface area contributed by atoms with Crippen molar-refractivity contribution in [2.45, 2.75) is 43.6 Å². The molecular weight excluding hydrogens is 384 g/mol. The Hall–Kier alpha value is -1.65. The van der Waals surface area contributed by atoms with Crippen LogP contribution in [0.1, 0.15) is 37.8 Å². The molecule has 1 saturated heterocycles. The van der Waals surface area contributed by atoms with Crippen molar-refractivity contribution >= 4 is 22.0 Å². The van der Waals surface area contributed by atoms with Gasteiger partial charge in [-0.1, -0.05) is 0 Å². The van der Waals surface area contributed by atoms with Gasteiger partial charge in [0.15, 0.2) is 0 Å². The molecule has 0 bridgehead atoms. The van der Waals surface area contributed by atoms with Gasteiger partial charge >= 0.3 is 6.09 Å². The number of nitriles is 1. The van der Waals surface area contributed by atoms with Gasteiger partial charge in [-0.3, -0.25) is 9.88 Å². The van der Waals surface area contributed by atoms with Crippen molar-refractivity contribution in [1.29, 1.82) is 5.26 Å². The number of hydrogen-bond donors (Lipinski definition) is 1. The summed E-state index contributed by atoms with van der Waals surface area (Å²) in [5.41, 5.74) is 0.375. The van der Waals surface area contributed by atoms with Gasteiger partial charge in [0.25, 0.3) is 0 Å². The summed E-state index contributed by atoms with van der Waals surface area (Å²) >= 11 is 3.40. The molecule has 1 aromatic rings. The average molecular weight is 407 g/mol. The normalized spacial score (nSPS) is 28.2. The first-order valence-corrected chi connectivity index (χ1v) is 9.58. The quantitative estimate of drug-likeness (QED) is 0.814. The Morgan fingerprint density at radius 2 is 2.04 bits per heavy atom. The van der Waals surface area contributed by atoms with Crippen LogP contribution in [0.15, 0.2) is 22.8 Å². The molecule has 0 unspecified atom stereocenters. The van der Waals surface area contributed by atoms with Gasteiger partial charge < -0.3 is 10.0 Å². The maximum atomic E-state index is 11.2. The van der Waals surface area contributed by atoms with E-state index in [1.807, 2.05) is 12.1 Å². The molecule has 2 fully saturated rings. The first-order chi connectivity index (χ1) is 12.0. The second-order valence-corrected chi connectivity index (χ2v) is 7.86. The molecule has 7 heteroatoms. The van der Waals surface area contributed by atoms with Crippen LogP contribution in [0, 0.1) is 11.3 Å². The molecule has 1 aliphatic heterocycles. The lowest BCUT2D eigenvalue weighted by Gasteiger charge is -2.39. The molecule has 0 atom stereocenters. The maximum Gasteiger partial charge on any atom is 0.407 e. The second-order valence-electron chi connectivity index (χ2n) is 6.95. The molecule has 1 aliphatic carbocycles. The minimum atomic E-state index is -0.824. The van der Waals surface area contributed by atoms with E-state index in [2.05, 4.69) is 31.9 Å². The number of nitrogens with zero attached hydrogens (tertiary/aromatic N) is 4. The van der Waals surface area contributed by atoms with Crippen LogP contribution >= 0.6 is 15.9 Å². The van der Waals surface area contributed by atoms with Gasteiger partial charge in [-0.05, 0) is 60.2 Å². The number of rotatable bonds is 2. The number of pyridine rings is 1. The highest BCUT2D eigenvalue weighted by molar-refractivity contribution is 9.10. The lowest BCUT2D eigenvalue weighted by Crippen LogP contribution is -2.44. The molecule has 1 saturated carbocycles. The fourth-order valence-electron chi connectivity index (χ4n) is 4.04. The summed E-state index contributed by atoms with van der Waals surface area (Å²) in [6.45, 7) is 2.91. The van der Waals surface area contributed by atoms with E-state index < -0.39 is 11.5 Å². The predicted molar refractivity (Wildman–Crippen MR) is 97.3 cm³/mol. The van der Waals surface area contributed by atoms with E-state index >= 15 is 0 Å². The summed E-state index contributed by atoms with van der Waals surface area (Å²) in [6.07, 6.45) is 5.34. The van der Waals surface area contributed by atoms with Gasteiger partial charge in [-0.15, -0.1) is 0 Å². The topological polar surface area (TPSA) is 80.5 Å². The summed E-state index contributed by atoms with van der Waals surface area (Å²) in [5, 5.41) is 19.0. The van der Waals surface area contributed by atoms with Crippen molar-refractivity contribution in [3.05, 3.63) is 28.5 Å². The molecule has 1 amide bonds. The van der Waals surface area contributed by atoms with Crippen LogP contribution in [0.4, 0.5) is 4.79 Å². The number of carbonyl (C=O) groups is 1.